The third-order valence-corrected chi connectivity index (χ3v) is 5.89. The zero-order valence-corrected chi connectivity index (χ0v) is 19.9. The van der Waals surface area contributed by atoms with E-state index < -0.39 is 12.1 Å². The second kappa shape index (κ2) is 11.7. The second-order valence-corrected chi connectivity index (χ2v) is 8.53. The SMILES string of the molecule is CCCc1cc(C(=O)O)ccc1-c1ccc(OCCN[C@H](C)[C@@H](O)c2ccc(O)cc2)c(C)c1. The first kappa shape index (κ1) is 25.3. The summed E-state index contributed by atoms with van der Waals surface area (Å²) in [5.74, 6) is 0.0454. The summed E-state index contributed by atoms with van der Waals surface area (Å²) in [5.41, 5.74) is 5.15. The average Bonchev–Trinajstić information content (AvgIpc) is 2.82. The Balaban J connectivity index is 1.59. The Kier molecular flexibility index (Phi) is 8.68. The monoisotopic (exact) mass is 463 g/mol. The van der Waals surface area contributed by atoms with Gasteiger partial charge in [0.15, 0.2) is 0 Å². The molecule has 0 amide bonds. The fourth-order valence-corrected chi connectivity index (χ4v) is 3.98. The summed E-state index contributed by atoms with van der Waals surface area (Å²) in [6, 6.07) is 17.7. The molecule has 0 aliphatic heterocycles. The highest BCUT2D eigenvalue weighted by Crippen LogP contribution is 2.30. The smallest absolute Gasteiger partial charge is 0.335 e. The van der Waals surface area contributed by atoms with Crippen LogP contribution in [0, 0.1) is 6.92 Å². The lowest BCUT2D eigenvalue weighted by Crippen LogP contribution is -2.35. The van der Waals surface area contributed by atoms with Crippen LogP contribution in [0.25, 0.3) is 11.1 Å². The molecule has 34 heavy (non-hydrogen) atoms. The topological polar surface area (TPSA) is 99.0 Å². The van der Waals surface area contributed by atoms with E-state index in [4.69, 9.17) is 4.74 Å². The summed E-state index contributed by atoms with van der Waals surface area (Å²) >= 11 is 0. The van der Waals surface area contributed by atoms with E-state index >= 15 is 0 Å². The highest BCUT2D eigenvalue weighted by atomic mass is 16.5. The first-order valence-corrected chi connectivity index (χ1v) is 11.6. The van der Waals surface area contributed by atoms with Crippen LogP contribution in [0.4, 0.5) is 0 Å². The Bertz CT molecular complexity index is 1110. The largest absolute Gasteiger partial charge is 0.508 e. The van der Waals surface area contributed by atoms with Gasteiger partial charge in [-0.2, -0.15) is 0 Å². The first-order valence-electron chi connectivity index (χ1n) is 11.6. The van der Waals surface area contributed by atoms with Crippen molar-refractivity contribution in [2.75, 3.05) is 13.2 Å². The van der Waals surface area contributed by atoms with Crippen molar-refractivity contribution < 1.29 is 24.9 Å². The zero-order valence-electron chi connectivity index (χ0n) is 19.9. The molecule has 0 fully saturated rings. The van der Waals surface area contributed by atoms with Crippen LogP contribution in [0.15, 0.2) is 60.7 Å². The number of ether oxygens (including phenoxy) is 1. The fourth-order valence-electron chi connectivity index (χ4n) is 3.98. The van der Waals surface area contributed by atoms with E-state index in [0.717, 1.165) is 46.4 Å². The van der Waals surface area contributed by atoms with Gasteiger partial charge >= 0.3 is 5.97 Å². The molecular formula is C28H33NO5. The number of rotatable bonds is 11. The predicted molar refractivity (Wildman–Crippen MR) is 134 cm³/mol. The highest BCUT2D eigenvalue weighted by molar-refractivity contribution is 5.89. The number of phenolic OH excluding ortho intramolecular Hbond substituents is 1. The number of aryl methyl sites for hydroxylation is 2. The number of nitrogens with one attached hydrogen (secondary N) is 1. The van der Waals surface area contributed by atoms with Crippen molar-refractivity contribution in [2.45, 2.75) is 45.8 Å². The lowest BCUT2D eigenvalue weighted by molar-refractivity contribution is 0.0696. The van der Waals surface area contributed by atoms with Gasteiger partial charge in [0.05, 0.1) is 11.7 Å². The Morgan fingerprint density at radius 1 is 1.06 bits per heavy atom. The number of aliphatic hydroxyl groups is 1. The van der Waals surface area contributed by atoms with E-state index in [0.29, 0.717) is 18.7 Å². The molecule has 180 valence electrons. The number of aliphatic hydroxyl groups excluding tert-OH is 1. The minimum Gasteiger partial charge on any atom is -0.508 e. The minimum atomic E-state index is -0.914. The van der Waals surface area contributed by atoms with Crippen molar-refractivity contribution in [1.82, 2.24) is 5.32 Å². The van der Waals surface area contributed by atoms with Gasteiger partial charge in [0.1, 0.15) is 18.1 Å². The van der Waals surface area contributed by atoms with Crippen molar-refractivity contribution >= 4 is 5.97 Å². The van der Waals surface area contributed by atoms with Crippen molar-refractivity contribution in [3.05, 3.63) is 82.9 Å². The van der Waals surface area contributed by atoms with Crippen LogP contribution in [0.2, 0.25) is 0 Å². The summed E-state index contributed by atoms with van der Waals surface area (Å²) in [6.07, 6.45) is 1.06. The van der Waals surface area contributed by atoms with Crippen molar-refractivity contribution in [2.24, 2.45) is 0 Å². The second-order valence-electron chi connectivity index (χ2n) is 8.53. The molecule has 0 radical (unpaired) electrons. The van der Waals surface area contributed by atoms with Crippen LogP contribution >= 0.6 is 0 Å². The van der Waals surface area contributed by atoms with Gasteiger partial charge in [-0.1, -0.05) is 37.6 Å². The molecule has 0 spiro atoms. The van der Waals surface area contributed by atoms with E-state index in [1.165, 1.54) is 0 Å². The molecular weight excluding hydrogens is 430 g/mol. The van der Waals surface area contributed by atoms with Crippen LogP contribution in [0.5, 0.6) is 11.5 Å². The number of aromatic carboxylic acids is 1. The standard InChI is InChI=1S/C28H33NO5/c1-4-5-21-17-23(28(32)33)8-12-25(21)22-9-13-26(18(2)16-22)34-15-14-29-19(3)27(31)20-6-10-24(30)11-7-20/h6-13,16-17,19,27,29-31H,4-5,14-15H2,1-3H3,(H,32,33)/t19-,27-/m1/s1. The summed E-state index contributed by atoms with van der Waals surface area (Å²) in [6.45, 7) is 6.99. The molecule has 0 unspecified atom stereocenters. The number of phenols is 1. The zero-order chi connectivity index (χ0) is 24.7. The maximum absolute atomic E-state index is 11.3. The maximum Gasteiger partial charge on any atom is 0.335 e. The van der Waals surface area contributed by atoms with Gasteiger partial charge in [-0.25, -0.2) is 4.79 Å². The number of carboxylic acid groups (broad SMARTS) is 1. The summed E-state index contributed by atoms with van der Waals surface area (Å²) in [4.78, 5) is 11.3. The van der Waals surface area contributed by atoms with Gasteiger partial charge in [0.25, 0.3) is 0 Å². The molecule has 4 N–H and O–H groups in total. The van der Waals surface area contributed by atoms with Gasteiger partial charge < -0.3 is 25.4 Å². The molecule has 3 aromatic carbocycles. The summed E-state index contributed by atoms with van der Waals surface area (Å²) in [7, 11) is 0. The number of carboxylic acids is 1. The number of hydrogen-bond acceptors (Lipinski definition) is 5. The van der Waals surface area contributed by atoms with Crippen LogP contribution in [0.3, 0.4) is 0 Å². The van der Waals surface area contributed by atoms with E-state index in [1.54, 1.807) is 36.4 Å². The molecule has 6 heteroatoms. The first-order chi connectivity index (χ1) is 16.3. The summed E-state index contributed by atoms with van der Waals surface area (Å²) < 4.78 is 5.95. The van der Waals surface area contributed by atoms with E-state index in [9.17, 15) is 20.1 Å². The number of carbonyl (C=O) groups is 1. The van der Waals surface area contributed by atoms with Crippen molar-refractivity contribution in [3.63, 3.8) is 0 Å². The Morgan fingerprint density at radius 3 is 2.44 bits per heavy atom. The molecule has 0 aromatic heterocycles. The van der Waals surface area contributed by atoms with Crippen molar-refractivity contribution in [3.8, 4) is 22.6 Å². The summed E-state index contributed by atoms with van der Waals surface area (Å²) in [5, 5.41) is 32.4. The maximum atomic E-state index is 11.3. The Hall–Kier alpha value is -3.35. The van der Waals surface area contributed by atoms with Gasteiger partial charge in [0, 0.05) is 12.6 Å². The lowest BCUT2D eigenvalue weighted by atomic mass is 9.94. The molecule has 0 aliphatic carbocycles. The molecule has 6 nitrogen and oxygen atoms in total. The van der Waals surface area contributed by atoms with Crippen LogP contribution < -0.4 is 10.1 Å². The van der Waals surface area contributed by atoms with Gasteiger partial charge in [0.2, 0.25) is 0 Å². The molecule has 3 aromatic rings. The Labute approximate surface area is 200 Å². The van der Waals surface area contributed by atoms with E-state index in [2.05, 4.69) is 18.3 Å². The molecule has 0 saturated carbocycles. The normalized spacial score (nSPS) is 12.8. The molecule has 0 aliphatic rings. The third-order valence-electron chi connectivity index (χ3n) is 5.89. The average molecular weight is 464 g/mol. The Morgan fingerprint density at radius 2 is 1.79 bits per heavy atom. The number of benzene rings is 3. The predicted octanol–water partition coefficient (Wildman–Crippen LogP) is 5.11. The molecule has 2 atom stereocenters. The van der Waals surface area contributed by atoms with Crippen LogP contribution in [0.1, 0.15) is 53.4 Å². The lowest BCUT2D eigenvalue weighted by Gasteiger charge is -2.21. The molecule has 0 heterocycles. The molecule has 0 bridgehead atoms. The van der Waals surface area contributed by atoms with Crippen LogP contribution in [-0.2, 0) is 6.42 Å². The quantitative estimate of drug-likeness (QED) is 0.295. The van der Waals surface area contributed by atoms with Crippen molar-refractivity contribution in [1.29, 1.82) is 0 Å². The number of aromatic hydroxyl groups is 1. The van der Waals surface area contributed by atoms with E-state index in [1.807, 2.05) is 32.0 Å². The van der Waals surface area contributed by atoms with E-state index in [-0.39, 0.29) is 11.8 Å². The molecule has 3 rings (SSSR count). The highest BCUT2D eigenvalue weighted by Gasteiger charge is 2.16. The molecule has 0 saturated heterocycles. The van der Waals surface area contributed by atoms with Gasteiger partial charge in [-0.3, -0.25) is 0 Å². The number of hydrogen-bond donors (Lipinski definition) is 4. The fraction of sp³-hybridized carbons (Fsp3) is 0.321. The van der Waals surface area contributed by atoms with Gasteiger partial charge in [-0.15, -0.1) is 0 Å². The van der Waals surface area contributed by atoms with Gasteiger partial charge in [-0.05, 0) is 84.5 Å². The third kappa shape index (κ3) is 6.37. The van der Waals surface area contributed by atoms with Crippen LogP contribution in [-0.4, -0.2) is 40.5 Å². The minimum absolute atomic E-state index is 0.171.